The van der Waals surface area contributed by atoms with Gasteiger partial charge in [-0.15, -0.1) is 0 Å². The number of hydrogen-bond acceptors (Lipinski definition) is 4. The van der Waals surface area contributed by atoms with Crippen LogP contribution in [0.25, 0.3) is 0 Å². The molecule has 2 amide bonds. The molecule has 0 saturated carbocycles. The van der Waals surface area contributed by atoms with E-state index < -0.39 is 0 Å². The Balaban J connectivity index is 1.93. The zero-order chi connectivity index (χ0) is 16.8. The van der Waals surface area contributed by atoms with Gasteiger partial charge in [0.05, 0.1) is 6.33 Å². The molecule has 126 valence electrons. The first kappa shape index (κ1) is 17.2. The summed E-state index contributed by atoms with van der Waals surface area (Å²) in [7, 11) is 0. The fourth-order valence-corrected chi connectivity index (χ4v) is 2.74. The van der Waals surface area contributed by atoms with Gasteiger partial charge in [-0.05, 0) is 25.7 Å². The fourth-order valence-electron chi connectivity index (χ4n) is 2.74. The van der Waals surface area contributed by atoms with E-state index in [1.54, 1.807) is 4.90 Å². The first-order valence-electron chi connectivity index (χ1n) is 8.13. The lowest BCUT2D eigenvalue weighted by atomic mass is 9.96. The van der Waals surface area contributed by atoms with Crippen LogP contribution in [0.3, 0.4) is 0 Å². The summed E-state index contributed by atoms with van der Waals surface area (Å²) in [6, 6.07) is 1.50. The molecule has 1 aliphatic rings. The zero-order valence-corrected chi connectivity index (χ0v) is 13.5. The summed E-state index contributed by atoms with van der Waals surface area (Å²) in [6.07, 6.45) is 5.44. The van der Waals surface area contributed by atoms with Crippen molar-refractivity contribution < 1.29 is 9.59 Å². The Morgan fingerprint density at radius 1 is 1.35 bits per heavy atom. The van der Waals surface area contributed by atoms with E-state index in [9.17, 15) is 14.4 Å². The lowest BCUT2D eigenvalue weighted by molar-refractivity contribution is -0.135. The quantitative estimate of drug-likeness (QED) is 0.815. The topological polar surface area (TPSA) is 98.3 Å². The molecule has 0 spiro atoms. The number of unbranched alkanes of at least 4 members (excludes halogenated alkanes) is 1. The zero-order valence-electron chi connectivity index (χ0n) is 13.5. The van der Waals surface area contributed by atoms with Gasteiger partial charge in [-0.3, -0.25) is 19.0 Å². The average molecular weight is 320 g/mol. The molecule has 0 unspecified atom stereocenters. The van der Waals surface area contributed by atoms with Crippen LogP contribution in [0.2, 0.25) is 0 Å². The Hall–Kier alpha value is -2.18. The molecular weight excluding hydrogens is 296 g/mol. The molecule has 0 atom stereocenters. The molecule has 0 radical (unpaired) electrons. The molecule has 2 N–H and O–H groups in total. The fraction of sp³-hybridized carbons (Fsp3) is 0.625. The summed E-state index contributed by atoms with van der Waals surface area (Å²) in [4.78, 5) is 41.4. The van der Waals surface area contributed by atoms with E-state index in [2.05, 4.69) is 11.9 Å². The van der Waals surface area contributed by atoms with Crippen LogP contribution in [0.15, 0.2) is 17.2 Å². The van der Waals surface area contributed by atoms with Crippen molar-refractivity contribution in [1.82, 2.24) is 14.5 Å². The lowest BCUT2D eigenvalue weighted by Crippen LogP contribution is -2.43. The molecule has 2 heterocycles. The third kappa shape index (κ3) is 4.64. The third-order valence-corrected chi connectivity index (χ3v) is 4.28. The Morgan fingerprint density at radius 3 is 2.61 bits per heavy atom. The van der Waals surface area contributed by atoms with E-state index in [0.29, 0.717) is 25.9 Å². The minimum atomic E-state index is -0.305. The van der Waals surface area contributed by atoms with Gasteiger partial charge in [0.2, 0.25) is 11.8 Å². The SMILES string of the molecule is CCCCc1cc(=O)n(CC(=O)N2CCC(C(N)=O)CC2)cn1. The Kier molecular flexibility index (Phi) is 5.90. The van der Waals surface area contributed by atoms with Gasteiger partial charge in [-0.1, -0.05) is 13.3 Å². The number of piperidine rings is 1. The summed E-state index contributed by atoms with van der Waals surface area (Å²) in [5.41, 5.74) is 5.85. The predicted octanol–water partition coefficient (Wildman–Crippen LogP) is 0.310. The number of carbonyl (C=O) groups excluding carboxylic acids is 2. The number of carbonyl (C=O) groups is 2. The van der Waals surface area contributed by atoms with Gasteiger partial charge in [-0.25, -0.2) is 4.98 Å². The van der Waals surface area contributed by atoms with Crippen molar-refractivity contribution in [3.05, 3.63) is 28.4 Å². The van der Waals surface area contributed by atoms with Crippen molar-refractivity contribution in [3.8, 4) is 0 Å². The highest BCUT2D eigenvalue weighted by Gasteiger charge is 2.25. The average Bonchev–Trinajstić information content (AvgIpc) is 2.55. The van der Waals surface area contributed by atoms with E-state index in [0.717, 1.165) is 25.0 Å². The summed E-state index contributed by atoms with van der Waals surface area (Å²) in [5.74, 6) is -0.584. The van der Waals surface area contributed by atoms with E-state index in [-0.39, 0.29) is 29.8 Å². The highest BCUT2D eigenvalue weighted by Crippen LogP contribution is 2.16. The normalized spacial score (nSPS) is 15.6. The summed E-state index contributed by atoms with van der Waals surface area (Å²) in [5, 5.41) is 0. The molecule has 0 aromatic carbocycles. The van der Waals surface area contributed by atoms with Gasteiger partial charge in [-0.2, -0.15) is 0 Å². The standard InChI is InChI=1S/C16H24N4O3/c1-2-3-4-13-9-14(21)20(11-18-13)10-15(22)19-7-5-12(6-8-19)16(17)23/h9,11-12H,2-8,10H2,1H3,(H2,17,23). The highest BCUT2D eigenvalue weighted by molar-refractivity contribution is 5.78. The number of nitrogens with two attached hydrogens (primary N) is 1. The van der Waals surface area contributed by atoms with E-state index >= 15 is 0 Å². The van der Waals surface area contributed by atoms with Gasteiger partial charge in [0.25, 0.3) is 5.56 Å². The smallest absolute Gasteiger partial charge is 0.253 e. The van der Waals surface area contributed by atoms with E-state index in [1.165, 1.54) is 17.0 Å². The number of nitrogens with zero attached hydrogens (tertiary/aromatic N) is 3. The van der Waals surface area contributed by atoms with Crippen LogP contribution in [-0.2, 0) is 22.6 Å². The minimum absolute atomic E-state index is 0.0128. The van der Waals surface area contributed by atoms with Crippen LogP contribution in [0.1, 0.15) is 38.3 Å². The maximum atomic E-state index is 12.3. The predicted molar refractivity (Wildman–Crippen MR) is 85.6 cm³/mol. The maximum Gasteiger partial charge on any atom is 0.253 e. The van der Waals surface area contributed by atoms with Crippen molar-refractivity contribution in [2.45, 2.75) is 45.6 Å². The van der Waals surface area contributed by atoms with Crippen LogP contribution in [0.5, 0.6) is 0 Å². The number of aryl methyl sites for hydroxylation is 1. The van der Waals surface area contributed by atoms with Crippen LogP contribution in [-0.4, -0.2) is 39.4 Å². The van der Waals surface area contributed by atoms with Crippen molar-refractivity contribution in [2.75, 3.05) is 13.1 Å². The largest absolute Gasteiger partial charge is 0.369 e. The molecule has 7 nitrogen and oxygen atoms in total. The Bertz CT molecular complexity index is 618. The summed E-state index contributed by atoms with van der Waals surface area (Å²) >= 11 is 0. The first-order valence-corrected chi connectivity index (χ1v) is 8.13. The summed E-state index contributed by atoms with van der Waals surface area (Å²) in [6.45, 7) is 3.08. The van der Waals surface area contributed by atoms with Crippen LogP contribution < -0.4 is 11.3 Å². The van der Waals surface area contributed by atoms with Crippen LogP contribution >= 0.6 is 0 Å². The number of amides is 2. The number of rotatable bonds is 6. The molecule has 2 rings (SSSR count). The summed E-state index contributed by atoms with van der Waals surface area (Å²) < 4.78 is 1.33. The van der Waals surface area contributed by atoms with Gasteiger partial charge in [0.15, 0.2) is 0 Å². The van der Waals surface area contributed by atoms with E-state index in [1.807, 2.05) is 0 Å². The second-order valence-corrected chi connectivity index (χ2v) is 6.01. The molecular formula is C16H24N4O3. The molecule has 1 fully saturated rings. The minimum Gasteiger partial charge on any atom is -0.369 e. The molecule has 1 aliphatic heterocycles. The Morgan fingerprint density at radius 2 is 2.04 bits per heavy atom. The molecule has 0 aliphatic carbocycles. The van der Waals surface area contributed by atoms with Gasteiger partial charge in [0.1, 0.15) is 6.54 Å². The number of hydrogen-bond donors (Lipinski definition) is 1. The number of primary amides is 1. The van der Waals surface area contributed by atoms with Crippen LogP contribution in [0, 0.1) is 5.92 Å². The molecule has 0 bridgehead atoms. The van der Waals surface area contributed by atoms with Crippen molar-refractivity contribution >= 4 is 11.8 Å². The van der Waals surface area contributed by atoms with Crippen LogP contribution in [0.4, 0.5) is 0 Å². The first-order chi connectivity index (χ1) is 11.0. The van der Waals surface area contributed by atoms with Gasteiger partial charge < -0.3 is 10.6 Å². The number of aromatic nitrogens is 2. The monoisotopic (exact) mass is 320 g/mol. The lowest BCUT2D eigenvalue weighted by Gasteiger charge is -2.30. The Labute approximate surface area is 135 Å². The number of likely N-dealkylation sites (tertiary alicyclic amines) is 1. The van der Waals surface area contributed by atoms with Gasteiger partial charge >= 0.3 is 0 Å². The highest BCUT2D eigenvalue weighted by atomic mass is 16.2. The van der Waals surface area contributed by atoms with Crippen molar-refractivity contribution in [2.24, 2.45) is 11.7 Å². The third-order valence-electron chi connectivity index (χ3n) is 4.28. The van der Waals surface area contributed by atoms with Crippen molar-refractivity contribution in [1.29, 1.82) is 0 Å². The van der Waals surface area contributed by atoms with Crippen molar-refractivity contribution in [3.63, 3.8) is 0 Å². The van der Waals surface area contributed by atoms with E-state index in [4.69, 9.17) is 5.73 Å². The van der Waals surface area contributed by atoms with Gasteiger partial charge in [0, 0.05) is 30.8 Å². The molecule has 7 heteroatoms. The molecule has 1 aromatic rings. The maximum absolute atomic E-state index is 12.3. The molecule has 23 heavy (non-hydrogen) atoms. The molecule has 1 aromatic heterocycles. The second kappa shape index (κ2) is 7.89. The molecule has 1 saturated heterocycles. The second-order valence-electron chi connectivity index (χ2n) is 6.01.